The summed E-state index contributed by atoms with van der Waals surface area (Å²) in [7, 11) is 1.38. The maximum absolute atomic E-state index is 12.6. The van der Waals surface area contributed by atoms with Gasteiger partial charge in [0.25, 0.3) is 0 Å². The van der Waals surface area contributed by atoms with Crippen LogP contribution in [0.2, 0.25) is 0 Å². The van der Waals surface area contributed by atoms with Crippen molar-refractivity contribution >= 4 is 5.97 Å². The maximum atomic E-state index is 12.6. The highest BCUT2D eigenvalue weighted by atomic mass is 19.4. The number of carbonyl (C=O) groups is 1. The lowest BCUT2D eigenvalue weighted by Crippen LogP contribution is -2.45. The van der Waals surface area contributed by atoms with Crippen LogP contribution in [0.4, 0.5) is 13.2 Å². The highest BCUT2D eigenvalue weighted by Gasteiger charge is 2.33. The summed E-state index contributed by atoms with van der Waals surface area (Å²) in [5.41, 5.74) is -0.721. The second-order valence-corrected chi connectivity index (χ2v) is 7.14. The van der Waals surface area contributed by atoms with Crippen molar-refractivity contribution in [2.45, 2.75) is 38.0 Å². The number of halogens is 3. The monoisotopic (exact) mass is 423 g/mol. The fourth-order valence-electron chi connectivity index (χ4n) is 3.50. The van der Waals surface area contributed by atoms with Crippen molar-refractivity contribution in [3.63, 3.8) is 0 Å². The first-order valence-electron chi connectivity index (χ1n) is 9.69. The number of hydrogen-bond acceptors (Lipinski definition) is 5. The molecule has 30 heavy (non-hydrogen) atoms. The molecule has 2 aromatic rings. The maximum Gasteiger partial charge on any atom is 0.416 e. The van der Waals surface area contributed by atoms with Crippen molar-refractivity contribution in [2.24, 2.45) is 0 Å². The van der Waals surface area contributed by atoms with Gasteiger partial charge in [0.15, 0.2) is 0 Å². The molecule has 0 N–H and O–H groups in total. The third kappa shape index (κ3) is 5.44. The number of rotatable bonds is 7. The predicted molar refractivity (Wildman–Crippen MR) is 105 cm³/mol. The van der Waals surface area contributed by atoms with Crippen molar-refractivity contribution in [3.8, 4) is 17.2 Å². The van der Waals surface area contributed by atoms with E-state index in [-0.39, 0.29) is 18.1 Å². The van der Waals surface area contributed by atoms with E-state index in [1.165, 1.54) is 19.2 Å². The Morgan fingerprint density at radius 3 is 2.20 bits per heavy atom. The molecule has 0 spiro atoms. The van der Waals surface area contributed by atoms with Crippen LogP contribution in [0.15, 0.2) is 48.5 Å². The molecular formula is C22H24F3NO4. The lowest BCUT2D eigenvalue weighted by Gasteiger charge is -2.28. The molecule has 0 bridgehead atoms. The van der Waals surface area contributed by atoms with Gasteiger partial charge < -0.3 is 14.2 Å². The molecule has 1 fully saturated rings. The van der Waals surface area contributed by atoms with Gasteiger partial charge >= 0.3 is 12.1 Å². The second kappa shape index (κ2) is 9.38. The fraction of sp³-hybridized carbons (Fsp3) is 0.409. The van der Waals surface area contributed by atoms with Crippen LogP contribution in [0.1, 0.15) is 25.3 Å². The molecule has 2 aromatic carbocycles. The van der Waals surface area contributed by atoms with Crippen molar-refractivity contribution in [3.05, 3.63) is 54.1 Å². The summed E-state index contributed by atoms with van der Waals surface area (Å²) in [6.07, 6.45) is -2.44. The zero-order chi connectivity index (χ0) is 21.7. The van der Waals surface area contributed by atoms with E-state index in [9.17, 15) is 18.0 Å². The van der Waals surface area contributed by atoms with Gasteiger partial charge in [-0.2, -0.15) is 13.2 Å². The first-order valence-corrected chi connectivity index (χ1v) is 9.69. The van der Waals surface area contributed by atoms with E-state index in [4.69, 9.17) is 14.2 Å². The summed E-state index contributed by atoms with van der Waals surface area (Å²) in [6, 6.07) is 11.2. The van der Waals surface area contributed by atoms with Gasteiger partial charge in [0.2, 0.25) is 0 Å². The first-order chi connectivity index (χ1) is 14.3. The Morgan fingerprint density at radius 2 is 1.63 bits per heavy atom. The van der Waals surface area contributed by atoms with Crippen LogP contribution in [0.3, 0.4) is 0 Å². The van der Waals surface area contributed by atoms with Crippen LogP contribution in [0, 0.1) is 0 Å². The summed E-state index contributed by atoms with van der Waals surface area (Å²) in [5, 5.41) is 0. The molecule has 0 radical (unpaired) electrons. The third-order valence-electron chi connectivity index (χ3n) is 5.15. The van der Waals surface area contributed by atoms with Crippen LogP contribution >= 0.6 is 0 Å². The van der Waals surface area contributed by atoms with Crippen molar-refractivity contribution in [2.75, 3.05) is 20.3 Å². The minimum absolute atomic E-state index is 0.127. The minimum atomic E-state index is -4.37. The van der Waals surface area contributed by atoms with Gasteiger partial charge in [-0.1, -0.05) is 0 Å². The lowest BCUT2D eigenvalue weighted by molar-refractivity contribution is -0.146. The van der Waals surface area contributed by atoms with Gasteiger partial charge in [-0.15, -0.1) is 0 Å². The molecule has 0 amide bonds. The predicted octanol–water partition coefficient (Wildman–Crippen LogP) is 4.90. The van der Waals surface area contributed by atoms with E-state index in [0.29, 0.717) is 23.9 Å². The van der Waals surface area contributed by atoms with Crippen LogP contribution < -0.4 is 9.47 Å². The average Bonchev–Trinajstić information content (AvgIpc) is 3.20. The van der Waals surface area contributed by atoms with Gasteiger partial charge in [0, 0.05) is 6.04 Å². The highest BCUT2D eigenvalue weighted by molar-refractivity contribution is 5.75. The third-order valence-corrected chi connectivity index (χ3v) is 5.15. The van der Waals surface area contributed by atoms with Gasteiger partial charge in [-0.05, 0) is 74.8 Å². The summed E-state index contributed by atoms with van der Waals surface area (Å²) >= 11 is 0. The van der Waals surface area contributed by atoms with E-state index >= 15 is 0 Å². The van der Waals surface area contributed by atoms with Crippen LogP contribution in [-0.2, 0) is 15.7 Å². The number of likely N-dealkylation sites (tertiary alicyclic amines) is 1. The molecule has 0 aromatic heterocycles. The van der Waals surface area contributed by atoms with Crippen LogP contribution in [0.25, 0.3) is 0 Å². The number of esters is 1. The smallest absolute Gasteiger partial charge is 0.416 e. The van der Waals surface area contributed by atoms with E-state index in [1.807, 2.05) is 6.92 Å². The molecule has 3 rings (SSSR count). The molecule has 1 heterocycles. The Morgan fingerprint density at radius 1 is 1.07 bits per heavy atom. The minimum Gasteiger partial charge on any atom is -0.492 e. The zero-order valence-corrected chi connectivity index (χ0v) is 16.8. The topological polar surface area (TPSA) is 48.0 Å². The number of carbonyl (C=O) groups excluding carboxylic acids is 1. The molecule has 5 nitrogen and oxygen atoms in total. The van der Waals surface area contributed by atoms with Crippen molar-refractivity contribution in [1.82, 2.24) is 4.90 Å². The number of nitrogens with zero attached hydrogens (tertiary/aromatic N) is 1. The molecule has 8 heteroatoms. The highest BCUT2D eigenvalue weighted by Crippen LogP contribution is 2.31. The number of methoxy groups -OCH3 is 1. The van der Waals surface area contributed by atoms with E-state index in [0.717, 1.165) is 31.5 Å². The Bertz CT molecular complexity index is 837. The Labute approximate surface area is 173 Å². The quantitative estimate of drug-likeness (QED) is 0.593. The number of hydrogen-bond donors (Lipinski definition) is 0. The summed E-state index contributed by atoms with van der Waals surface area (Å²) in [4.78, 5) is 13.9. The summed E-state index contributed by atoms with van der Waals surface area (Å²) in [5.74, 6) is 1.19. The largest absolute Gasteiger partial charge is 0.492 e. The van der Waals surface area contributed by atoms with Gasteiger partial charge in [-0.25, -0.2) is 0 Å². The van der Waals surface area contributed by atoms with Crippen molar-refractivity contribution in [1.29, 1.82) is 0 Å². The SMILES string of the molecule is COC(=O)C(C)N1CCC[C@H]1COc1ccc(Oc2ccc(C(F)(F)F)cc2)cc1. The van der Waals surface area contributed by atoms with Crippen molar-refractivity contribution < 1.29 is 32.2 Å². The zero-order valence-electron chi connectivity index (χ0n) is 16.8. The fourth-order valence-corrected chi connectivity index (χ4v) is 3.50. The van der Waals surface area contributed by atoms with E-state index < -0.39 is 11.7 Å². The molecule has 2 atom stereocenters. The molecule has 162 valence electrons. The molecule has 1 saturated heterocycles. The standard InChI is InChI=1S/C22H24F3NO4/c1-15(21(27)28-2)26-13-3-4-17(26)14-29-18-9-11-20(12-10-18)30-19-7-5-16(6-8-19)22(23,24)25/h5-12,15,17H,3-4,13-14H2,1-2H3/t15?,17-/m0/s1. The van der Waals surface area contributed by atoms with E-state index in [1.54, 1.807) is 24.3 Å². The molecule has 0 aliphatic carbocycles. The number of ether oxygens (including phenoxy) is 3. The van der Waals surface area contributed by atoms with Crippen LogP contribution in [0.5, 0.6) is 17.2 Å². The van der Waals surface area contributed by atoms with E-state index in [2.05, 4.69) is 4.90 Å². The number of benzene rings is 2. The molecule has 1 aliphatic rings. The van der Waals surface area contributed by atoms with Gasteiger partial charge in [0.05, 0.1) is 12.7 Å². The summed E-state index contributed by atoms with van der Waals surface area (Å²) in [6.45, 7) is 3.10. The molecule has 1 unspecified atom stereocenters. The first kappa shape index (κ1) is 22.0. The second-order valence-electron chi connectivity index (χ2n) is 7.14. The average molecular weight is 423 g/mol. The van der Waals surface area contributed by atoms with Gasteiger partial charge in [0.1, 0.15) is 29.9 Å². The molecule has 0 saturated carbocycles. The normalized spacial score (nSPS) is 18.1. The Balaban J connectivity index is 1.54. The molecule has 1 aliphatic heterocycles. The van der Waals surface area contributed by atoms with Crippen LogP contribution in [-0.4, -0.2) is 43.2 Å². The lowest BCUT2D eigenvalue weighted by atomic mass is 10.2. The Kier molecular flexibility index (Phi) is 6.87. The number of alkyl halides is 3. The Hall–Kier alpha value is -2.74. The van der Waals surface area contributed by atoms with Gasteiger partial charge in [-0.3, -0.25) is 9.69 Å². The molecular weight excluding hydrogens is 399 g/mol. The summed E-state index contributed by atoms with van der Waals surface area (Å²) < 4.78 is 54.1.